The van der Waals surface area contributed by atoms with E-state index in [9.17, 15) is 14.4 Å². The van der Waals surface area contributed by atoms with E-state index in [-0.39, 0.29) is 30.9 Å². The standard InChI is InChI=1S/C22H22N2O5/c1-2-28-21(26)19-17(14-29-18(25)13-15-9-5-3-6-10-15)23-22(27)24-20(19)16-11-7-4-8-12-16/h3-12,20H,2,13-14H2,1H3,(H2,23,24,27)/t20-/m1/s1. The van der Waals surface area contributed by atoms with Gasteiger partial charge in [-0.05, 0) is 18.1 Å². The van der Waals surface area contributed by atoms with Gasteiger partial charge in [-0.25, -0.2) is 9.59 Å². The van der Waals surface area contributed by atoms with Gasteiger partial charge in [0.25, 0.3) is 0 Å². The lowest BCUT2D eigenvalue weighted by Gasteiger charge is -2.29. The average molecular weight is 394 g/mol. The minimum atomic E-state index is -0.702. The van der Waals surface area contributed by atoms with Crippen LogP contribution < -0.4 is 10.6 Å². The molecule has 3 rings (SSSR count). The largest absolute Gasteiger partial charge is 0.463 e. The number of carbonyl (C=O) groups excluding carboxylic acids is 3. The molecule has 0 saturated heterocycles. The number of hydrogen-bond donors (Lipinski definition) is 2. The quantitative estimate of drug-likeness (QED) is 0.704. The molecule has 1 heterocycles. The summed E-state index contributed by atoms with van der Waals surface area (Å²) in [5, 5.41) is 5.31. The van der Waals surface area contributed by atoms with Crippen molar-refractivity contribution in [3.63, 3.8) is 0 Å². The Morgan fingerprint density at radius 3 is 2.28 bits per heavy atom. The monoisotopic (exact) mass is 394 g/mol. The lowest BCUT2D eigenvalue weighted by molar-refractivity contribution is -0.143. The molecule has 0 radical (unpaired) electrons. The van der Waals surface area contributed by atoms with E-state index in [0.29, 0.717) is 0 Å². The first-order valence-electron chi connectivity index (χ1n) is 9.30. The molecule has 2 aromatic rings. The van der Waals surface area contributed by atoms with E-state index >= 15 is 0 Å². The van der Waals surface area contributed by atoms with E-state index in [1.54, 1.807) is 19.1 Å². The van der Waals surface area contributed by atoms with Crippen molar-refractivity contribution in [2.24, 2.45) is 0 Å². The molecule has 0 aliphatic carbocycles. The number of rotatable bonds is 7. The molecule has 7 nitrogen and oxygen atoms in total. The highest BCUT2D eigenvalue weighted by Crippen LogP contribution is 2.27. The first kappa shape index (κ1) is 20.1. The highest BCUT2D eigenvalue weighted by atomic mass is 16.5. The molecule has 0 bridgehead atoms. The Bertz CT molecular complexity index is 909. The van der Waals surface area contributed by atoms with Crippen LogP contribution in [0.3, 0.4) is 0 Å². The SMILES string of the molecule is CCOC(=O)C1=C(COC(=O)Cc2ccccc2)NC(=O)N[C@@H]1c1ccccc1. The van der Waals surface area contributed by atoms with E-state index in [2.05, 4.69) is 10.6 Å². The Morgan fingerprint density at radius 1 is 0.966 bits per heavy atom. The summed E-state index contributed by atoms with van der Waals surface area (Å²) in [6.45, 7) is 1.64. The smallest absolute Gasteiger partial charge is 0.338 e. The van der Waals surface area contributed by atoms with Crippen molar-refractivity contribution >= 4 is 18.0 Å². The second-order valence-electron chi connectivity index (χ2n) is 6.38. The van der Waals surface area contributed by atoms with Gasteiger partial charge in [-0.3, -0.25) is 4.79 Å². The minimum Gasteiger partial charge on any atom is -0.463 e. The minimum absolute atomic E-state index is 0.0944. The molecule has 29 heavy (non-hydrogen) atoms. The third-order valence-electron chi connectivity index (χ3n) is 4.35. The number of carbonyl (C=O) groups is 3. The second kappa shape index (κ2) is 9.54. The third-order valence-corrected chi connectivity index (χ3v) is 4.35. The van der Waals surface area contributed by atoms with Crippen LogP contribution >= 0.6 is 0 Å². The molecule has 2 aromatic carbocycles. The van der Waals surface area contributed by atoms with Crippen molar-refractivity contribution in [2.45, 2.75) is 19.4 Å². The summed E-state index contributed by atoms with van der Waals surface area (Å²) in [4.78, 5) is 37.0. The number of amides is 2. The van der Waals surface area contributed by atoms with Crippen LogP contribution in [0.15, 0.2) is 71.9 Å². The Kier molecular flexibility index (Phi) is 6.63. The lowest BCUT2D eigenvalue weighted by Crippen LogP contribution is -2.47. The molecular formula is C22H22N2O5. The van der Waals surface area contributed by atoms with Gasteiger partial charge in [-0.15, -0.1) is 0 Å². The molecule has 2 amide bonds. The van der Waals surface area contributed by atoms with Gasteiger partial charge < -0.3 is 20.1 Å². The Hall–Kier alpha value is -3.61. The maximum Gasteiger partial charge on any atom is 0.338 e. The number of nitrogens with one attached hydrogen (secondary N) is 2. The van der Waals surface area contributed by atoms with Gasteiger partial charge in [0.2, 0.25) is 0 Å². The van der Waals surface area contributed by atoms with E-state index < -0.39 is 24.0 Å². The van der Waals surface area contributed by atoms with Crippen molar-refractivity contribution in [1.82, 2.24) is 10.6 Å². The predicted octanol–water partition coefficient (Wildman–Crippen LogP) is 2.64. The summed E-state index contributed by atoms with van der Waals surface area (Å²) in [5.74, 6) is -1.04. The zero-order chi connectivity index (χ0) is 20.6. The molecule has 0 aromatic heterocycles. The molecular weight excluding hydrogens is 372 g/mol. The Morgan fingerprint density at radius 2 is 1.62 bits per heavy atom. The van der Waals surface area contributed by atoms with Crippen LogP contribution in [0.4, 0.5) is 4.79 Å². The van der Waals surface area contributed by atoms with E-state index in [1.165, 1.54) is 0 Å². The molecule has 7 heteroatoms. The summed E-state index contributed by atoms with van der Waals surface area (Å²) in [6.07, 6.45) is 0.0944. The number of esters is 2. The lowest BCUT2D eigenvalue weighted by atomic mass is 9.95. The summed E-state index contributed by atoms with van der Waals surface area (Å²) >= 11 is 0. The summed E-state index contributed by atoms with van der Waals surface area (Å²) in [7, 11) is 0. The van der Waals surface area contributed by atoms with Crippen molar-refractivity contribution in [3.8, 4) is 0 Å². The van der Waals surface area contributed by atoms with Gasteiger partial charge in [-0.2, -0.15) is 0 Å². The second-order valence-corrected chi connectivity index (χ2v) is 6.38. The van der Waals surface area contributed by atoms with Gasteiger partial charge in [0, 0.05) is 0 Å². The van der Waals surface area contributed by atoms with Crippen molar-refractivity contribution in [3.05, 3.63) is 83.1 Å². The van der Waals surface area contributed by atoms with Crippen LogP contribution in [0, 0.1) is 0 Å². The topological polar surface area (TPSA) is 93.7 Å². The van der Waals surface area contributed by atoms with Crippen molar-refractivity contribution in [1.29, 1.82) is 0 Å². The van der Waals surface area contributed by atoms with Crippen molar-refractivity contribution < 1.29 is 23.9 Å². The fraction of sp³-hybridized carbons (Fsp3) is 0.227. The summed E-state index contributed by atoms with van der Waals surface area (Å²) < 4.78 is 10.5. The van der Waals surface area contributed by atoms with Crippen LogP contribution in [0.5, 0.6) is 0 Å². The van der Waals surface area contributed by atoms with Crippen LogP contribution in [0.2, 0.25) is 0 Å². The molecule has 1 aliphatic heterocycles. The molecule has 0 fully saturated rings. The summed E-state index contributed by atoms with van der Waals surface area (Å²) in [6, 6.07) is 17.0. The molecule has 150 valence electrons. The molecule has 1 atom stereocenters. The van der Waals surface area contributed by atoms with Gasteiger partial charge in [0.05, 0.1) is 30.3 Å². The number of urea groups is 1. The molecule has 0 spiro atoms. The van der Waals surface area contributed by atoms with Gasteiger partial charge >= 0.3 is 18.0 Å². The Labute approximate surface area is 168 Å². The number of ether oxygens (including phenoxy) is 2. The first-order chi connectivity index (χ1) is 14.1. The Balaban J connectivity index is 1.83. The molecule has 1 aliphatic rings. The third kappa shape index (κ3) is 5.22. The zero-order valence-electron chi connectivity index (χ0n) is 16.0. The van der Waals surface area contributed by atoms with Crippen LogP contribution in [-0.2, 0) is 25.5 Å². The zero-order valence-corrected chi connectivity index (χ0v) is 16.0. The van der Waals surface area contributed by atoms with Gasteiger partial charge in [-0.1, -0.05) is 60.7 Å². The van der Waals surface area contributed by atoms with Crippen molar-refractivity contribution in [2.75, 3.05) is 13.2 Å². The fourth-order valence-corrected chi connectivity index (χ4v) is 3.04. The highest BCUT2D eigenvalue weighted by Gasteiger charge is 2.34. The van der Waals surface area contributed by atoms with Crippen LogP contribution in [-0.4, -0.2) is 31.2 Å². The fourth-order valence-electron chi connectivity index (χ4n) is 3.04. The van der Waals surface area contributed by atoms with Gasteiger partial charge in [0.1, 0.15) is 6.61 Å². The van der Waals surface area contributed by atoms with Crippen LogP contribution in [0.25, 0.3) is 0 Å². The number of hydrogen-bond acceptors (Lipinski definition) is 5. The molecule has 0 unspecified atom stereocenters. The van der Waals surface area contributed by atoms with E-state index in [4.69, 9.17) is 9.47 Å². The van der Waals surface area contributed by atoms with E-state index in [0.717, 1.165) is 11.1 Å². The molecule has 2 N–H and O–H groups in total. The first-order valence-corrected chi connectivity index (χ1v) is 9.30. The highest BCUT2D eigenvalue weighted by molar-refractivity contribution is 5.95. The number of benzene rings is 2. The molecule has 0 saturated carbocycles. The predicted molar refractivity (Wildman–Crippen MR) is 106 cm³/mol. The van der Waals surface area contributed by atoms with E-state index in [1.807, 2.05) is 48.5 Å². The maximum absolute atomic E-state index is 12.6. The van der Waals surface area contributed by atoms with Crippen LogP contribution in [0.1, 0.15) is 24.1 Å². The summed E-state index contributed by atoms with van der Waals surface area (Å²) in [5.41, 5.74) is 1.96. The normalized spacial score (nSPS) is 15.9. The average Bonchev–Trinajstić information content (AvgIpc) is 2.73. The van der Waals surface area contributed by atoms with Gasteiger partial charge in [0.15, 0.2) is 0 Å². The maximum atomic E-state index is 12.6.